The summed E-state index contributed by atoms with van der Waals surface area (Å²) < 4.78 is 6.02. The van der Waals surface area contributed by atoms with Gasteiger partial charge in [0.15, 0.2) is 0 Å². The van der Waals surface area contributed by atoms with Crippen molar-refractivity contribution >= 4 is 23.3 Å². The second kappa shape index (κ2) is 12.1. The number of quaternary nitrogens is 1. The fourth-order valence-electron chi connectivity index (χ4n) is 1.88. The van der Waals surface area contributed by atoms with Gasteiger partial charge in [-0.3, -0.25) is 0 Å². The smallest absolute Gasteiger partial charge is 0.339 e. The van der Waals surface area contributed by atoms with Crippen LogP contribution in [-0.2, 0) is 4.74 Å². The highest BCUT2D eigenvalue weighted by molar-refractivity contribution is 6.33. The maximum Gasteiger partial charge on any atom is 0.339 e. The molecule has 1 aromatic rings. The number of nitrogens with two attached hydrogens (primary N) is 1. The average Bonchev–Trinajstić information content (AvgIpc) is 2.51. The maximum absolute atomic E-state index is 11.8. The van der Waals surface area contributed by atoms with Crippen molar-refractivity contribution in [2.75, 3.05) is 66.3 Å². The Morgan fingerprint density at radius 1 is 1.28 bits per heavy atom. The third-order valence-electron chi connectivity index (χ3n) is 3.52. The van der Waals surface area contributed by atoms with E-state index in [4.69, 9.17) is 27.2 Å². The zero-order chi connectivity index (χ0) is 19.5. The van der Waals surface area contributed by atoms with E-state index in [1.165, 1.54) is 0 Å². The van der Waals surface area contributed by atoms with E-state index in [0.29, 0.717) is 22.9 Å². The van der Waals surface area contributed by atoms with Gasteiger partial charge < -0.3 is 25.0 Å². The van der Waals surface area contributed by atoms with Gasteiger partial charge in [0, 0.05) is 12.2 Å². The number of carbonyl (C=O) groups is 1. The van der Waals surface area contributed by atoms with Crippen LogP contribution in [0.5, 0.6) is 0 Å². The molecule has 0 heterocycles. The molecular formula is C18H33ClN3O3+. The molecule has 6 nitrogen and oxygen atoms in total. The summed E-state index contributed by atoms with van der Waals surface area (Å²) in [6.45, 7) is 8.23. The first kappa shape index (κ1) is 23.7. The molecule has 0 aliphatic heterocycles. The van der Waals surface area contributed by atoms with E-state index in [0.717, 1.165) is 30.7 Å². The highest BCUT2D eigenvalue weighted by Crippen LogP contribution is 2.19. The van der Waals surface area contributed by atoms with E-state index in [2.05, 4.69) is 39.9 Å². The van der Waals surface area contributed by atoms with Crippen molar-refractivity contribution < 1.29 is 19.1 Å². The Bertz CT molecular complexity index is 515. The summed E-state index contributed by atoms with van der Waals surface area (Å²) in [5.41, 5.74) is 6.44. The molecule has 0 aliphatic carbocycles. The van der Waals surface area contributed by atoms with Gasteiger partial charge in [-0.05, 0) is 31.3 Å². The quantitative estimate of drug-likeness (QED) is 0.414. The molecule has 0 bridgehead atoms. The highest BCUT2D eigenvalue weighted by atomic mass is 35.5. The number of anilines is 1. The van der Waals surface area contributed by atoms with Crippen molar-refractivity contribution in [2.24, 2.45) is 0 Å². The normalized spacial score (nSPS) is 11.0. The highest BCUT2D eigenvalue weighted by Gasteiger charge is 2.12. The number of aliphatic hydroxyl groups excluding tert-OH is 1. The van der Waals surface area contributed by atoms with Crippen molar-refractivity contribution in [3.63, 3.8) is 0 Å². The molecule has 144 valence electrons. The Kier molecular flexibility index (Phi) is 11.4. The molecular weight excluding hydrogens is 342 g/mol. The van der Waals surface area contributed by atoms with Gasteiger partial charge in [-0.2, -0.15) is 0 Å². The minimum atomic E-state index is -0.410. The van der Waals surface area contributed by atoms with Crippen LogP contribution in [0.15, 0.2) is 18.2 Å². The van der Waals surface area contributed by atoms with Crippen LogP contribution in [0.25, 0.3) is 0 Å². The molecule has 0 saturated heterocycles. The lowest BCUT2D eigenvalue weighted by molar-refractivity contribution is -0.870. The fraction of sp³-hybridized carbons (Fsp3) is 0.611. The van der Waals surface area contributed by atoms with E-state index in [9.17, 15) is 4.79 Å². The van der Waals surface area contributed by atoms with Crippen LogP contribution in [0.4, 0.5) is 5.69 Å². The Morgan fingerprint density at radius 2 is 1.88 bits per heavy atom. The van der Waals surface area contributed by atoms with E-state index in [1.807, 2.05) is 0 Å². The maximum atomic E-state index is 11.8. The number of aliphatic hydroxyl groups is 1. The first-order chi connectivity index (χ1) is 11.6. The summed E-state index contributed by atoms with van der Waals surface area (Å²) >= 11 is 5.93. The molecule has 0 saturated carbocycles. The summed E-state index contributed by atoms with van der Waals surface area (Å²) in [6, 6.07) is 4.76. The van der Waals surface area contributed by atoms with Crippen molar-refractivity contribution in [3.8, 4) is 0 Å². The van der Waals surface area contributed by atoms with Crippen molar-refractivity contribution in [3.05, 3.63) is 28.8 Å². The number of hydrogen-bond donors (Lipinski definition) is 2. The van der Waals surface area contributed by atoms with Gasteiger partial charge in [-0.25, -0.2) is 4.79 Å². The Hall–Kier alpha value is -1.34. The largest absolute Gasteiger partial charge is 0.461 e. The Labute approximate surface area is 156 Å². The lowest BCUT2D eigenvalue weighted by Crippen LogP contribution is -2.36. The SMILES string of the molecule is CCN(CC)CCOC(=O)c1ccc(N)cc1Cl.C[N+](C)(C)CCO. The number of halogens is 1. The van der Waals surface area contributed by atoms with Crippen molar-refractivity contribution in [1.29, 1.82) is 0 Å². The summed E-state index contributed by atoms with van der Waals surface area (Å²) in [4.78, 5) is 13.9. The fourth-order valence-corrected chi connectivity index (χ4v) is 2.15. The van der Waals surface area contributed by atoms with Crippen LogP contribution < -0.4 is 5.73 Å². The van der Waals surface area contributed by atoms with Gasteiger partial charge in [0.05, 0.1) is 38.3 Å². The number of ether oxygens (including phenoxy) is 1. The minimum Gasteiger partial charge on any atom is -0.461 e. The van der Waals surface area contributed by atoms with Gasteiger partial charge in [0.1, 0.15) is 13.2 Å². The van der Waals surface area contributed by atoms with Gasteiger partial charge in [-0.1, -0.05) is 25.4 Å². The monoisotopic (exact) mass is 374 g/mol. The number of benzene rings is 1. The summed E-state index contributed by atoms with van der Waals surface area (Å²) in [5, 5.41) is 8.71. The van der Waals surface area contributed by atoms with Crippen LogP contribution in [0.1, 0.15) is 24.2 Å². The predicted octanol–water partition coefficient (Wildman–Crippen LogP) is 2.11. The van der Waals surface area contributed by atoms with Crippen molar-refractivity contribution in [2.45, 2.75) is 13.8 Å². The molecule has 0 atom stereocenters. The number of hydrogen-bond acceptors (Lipinski definition) is 5. The Balaban J connectivity index is 0.000000697. The third-order valence-corrected chi connectivity index (χ3v) is 3.83. The van der Waals surface area contributed by atoms with E-state index in [-0.39, 0.29) is 6.61 Å². The van der Waals surface area contributed by atoms with Crippen molar-refractivity contribution in [1.82, 2.24) is 4.90 Å². The molecule has 0 radical (unpaired) electrons. The summed E-state index contributed by atoms with van der Waals surface area (Å²) in [6.07, 6.45) is 0. The van der Waals surface area contributed by atoms with E-state index in [1.54, 1.807) is 18.2 Å². The zero-order valence-electron chi connectivity index (χ0n) is 16.1. The topological polar surface area (TPSA) is 75.8 Å². The van der Waals surface area contributed by atoms with Crippen LogP contribution >= 0.6 is 11.6 Å². The van der Waals surface area contributed by atoms with Gasteiger partial charge in [-0.15, -0.1) is 0 Å². The number of esters is 1. The zero-order valence-corrected chi connectivity index (χ0v) is 16.8. The Morgan fingerprint density at radius 3 is 2.28 bits per heavy atom. The van der Waals surface area contributed by atoms with Gasteiger partial charge in [0.2, 0.25) is 0 Å². The minimum absolute atomic E-state index is 0.281. The number of nitrogen functional groups attached to an aromatic ring is 1. The summed E-state index contributed by atoms with van der Waals surface area (Å²) in [5.74, 6) is -0.410. The first-order valence-corrected chi connectivity index (χ1v) is 8.88. The molecule has 0 unspecified atom stereocenters. The molecule has 0 aromatic heterocycles. The second-order valence-corrected chi connectivity index (χ2v) is 7.05. The van der Waals surface area contributed by atoms with Crippen LogP contribution in [-0.4, -0.2) is 81.0 Å². The molecule has 0 amide bonds. The molecule has 1 aromatic carbocycles. The van der Waals surface area contributed by atoms with Gasteiger partial charge in [0.25, 0.3) is 0 Å². The number of nitrogens with zero attached hydrogens (tertiary/aromatic N) is 2. The lowest BCUT2D eigenvalue weighted by atomic mass is 10.2. The molecule has 0 spiro atoms. The van der Waals surface area contributed by atoms with E-state index >= 15 is 0 Å². The number of rotatable bonds is 8. The van der Waals surface area contributed by atoms with Crippen LogP contribution in [0.3, 0.4) is 0 Å². The molecule has 0 aliphatic rings. The molecule has 7 heteroatoms. The molecule has 3 N–H and O–H groups in total. The second-order valence-electron chi connectivity index (χ2n) is 6.64. The first-order valence-electron chi connectivity index (χ1n) is 8.50. The standard InChI is InChI=1S/C13H19ClN2O2.C5H14NO/c1-3-16(4-2)7-8-18-13(17)11-6-5-10(15)9-12(11)14;1-6(2,3)4-5-7/h5-6,9H,3-4,7-8,15H2,1-2H3;7H,4-5H2,1-3H3/q;+1. The number of carbonyl (C=O) groups excluding carboxylic acids is 1. The molecule has 25 heavy (non-hydrogen) atoms. The van der Waals surface area contributed by atoms with Crippen LogP contribution in [0, 0.1) is 0 Å². The molecule has 0 fully saturated rings. The van der Waals surface area contributed by atoms with Crippen LogP contribution in [0.2, 0.25) is 5.02 Å². The third kappa shape index (κ3) is 11.0. The molecule has 1 rings (SSSR count). The van der Waals surface area contributed by atoms with Gasteiger partial charge >= 0.3 is 5.97 Å². The predicted molar refractivity (Wildman–Crippen MR) is 104 cm³/mol. The average molecular weight is 375 g/mol. The number of likely N-dealkylation sites (N-methyl/N-ethyl adjacent to an activating group) is 2. The summed E-state index contributed by atoms with van der Waals surface area (Å²) in [7, 11) is 6.16. The lowest BCUT2D eigenvalue weighted by Gasteiger charge is -2.21. The van der Waals surface area contributed by atoms with E-state index < -0.39 is 5.97 Å².